The highest BCUT2D eigenvalue weighted by Crippen LogP contribution is 2.32. The fourth-order valence-corrected chi connectivity index (χ4v) is 5.84. The van der Waals surface area contributed by atoms with Gasteiger partial charge in [0.05, 0.1) is 3.79 Å². The topological polar surface area (TPSA) is 46.2 Å². The quantitative estimate of drug-likeness (QED) is 0.903. The zero-order valence-corrected chi connectivity index (χ0v) is 13.7. The molecule has 1 N–H and O–H groups in total. The Morgan fingerprint density at radius 3 is 2.67 bits per heavy atom. The molecule has 1 heterocycles. The van der Waals surface area contributed by atoms with Crippen LogP contribution in [0.2, 0.25) is 0 Å². The second-order valence-electron chi connectivity index (χ2n) is 5.05. The van der Waals surface area contributed by atoms with Gasteiger partial charge in [0.15, 0.2) is 0 Å². The number of hydrogen-bond acceptors (Lipinski definition) is 3. The fraction of sp³-hybridized carbons (Fsp3) is 0.667. The molecule has 0 amide bonds. The van der Waals surface area contributed by atoms with Gasteiger partial charge in [-0.15, -0.1) is 11.3 Å². The Morgan fingerprint density at radius 1 is 1.33 bits per heavy atom. The highest BCUT2D eigenvalue weighted by Gasteiger charge is 2.31. The van der Waals surface area contributed by atoms with Gasteiger partial charge in [-0.1, -0.05) is 26.7 Å². The highest BCUT2D eigenvalue weighted by molar-refractivity contribution is 9.11. The van der Waals surface area contributed by atoms with Crippen molar-refractivity contribution in [3.63, 3.8) is 0 Å². The van der Waals surface area contributed by atoms with Gasteiger partial charge in [-0.2, -0.15) is 0 Å². The standard InChI is InChI=1S/C12H18BrNO2S2/c1-8-4-3-5-10(9(8)2)14-18(15,16)12-7-6-11(13)17-12/h6-10,14H,3-5H2,1-2H3. The summed E-state index contributed by atoms with van der Waals surface area (Å²) < 4.78 is 28.6. The van der Waals surface area contributed by atoms with E-state index in [1.165, 1.54) is 17.8 Å². The van der Waals surface area contributed by atoms with Gasteiger partial charge in [0, 0.05) is 6.04 Å². The van der Waals surface area contributed by atoms with Crippen molar-refractivity contribution in [1.29, 1.82) is 0 Å². The van der Waals surface area contributed by atoms with Gasteiger partial charge in [0.2, 0.25) is 10.0 Å². The maximum atomic E-state index is 12.2. The third kappa shape index (κ3) is 3.15. The maximum Gasteiger partial charge on any atom is 0.250 e. The molecule has 1 aromatic heterocycles. The Morgan fingerprint density at radius 2 is 2.06 bits per heavy atom. The van der Waals surface area contributed by atoms with Crippen LogP contribution in [0.25, 0.3) is 0 Å². The molecule has 0 bridgehead atoms. The second-order valence-corrected chi connectivity index (χ2v) is 9.46. The summed E-state index contributed by atoms with van der Waals surface area (Å²) in [5.41, 5.74) is 0. The number of nitrogens with one attached hydrogen (secondary N) is 1. The average Bonchev–Trinajstić information content (AvgIpc) is 2.72. The summed E-state index contributed by atoms with van der Waals surface area (Å²) in [6.07, 6.45) is 3.24. The molecule has 2 rings (SSSR count). The summed E-state index contributed by atoms with van der Waals surface area (Å²) in [5.74, 6) is 0.985. The lowest BCUT2D eigenvalue weighted by Crippen LogP contribution is -2.43. The summed E-state index contributed by atoms with van der Waals surface area (Å²) in [6.45, 7) is 4.34. The summed E-state index contributed by atoms with van der Waals surface area (Å²) in [7, 11) is -3.36. The minimum absolute atomic E-state index is 0.0691. The lowest BCUT2D eigenvalue weighted by molar-refractivity contribution is 0.227. The van der Waals surface area contributed by atoms with Crippen molar-refractivity contribution in [2.45, 2.75) is 43.4 Å². The first kappa shape index (κ1) is 14.5. The molecule has 1 aliphatic carbocycles. The van der Waals surface area contributed by atoms with Gasteiger partial charge >= 0.3 is 0 Å². The zero-order chi connectivity index (χ0) is 13.3. The van der Waals surface area contributed by atoms with Crippen LogP contribution in [0, 0.1) is 11.8 Å². The molecule has 0 aromatic carbocycles. The van der Waals surface area contributed by atoms with Gasteiger partial charge in [-0.3, -0.25) is 0 Å². The number of rotatable bonds is 3. The SMILES string of the molecule is CC1CCCC(NS(=O)(=O)c2ccc(Br)s2)C1C. The molecule has 1 aromatic rings. The summed E-state index contributed by atoms with van der Waals surface area (Å²) >= 11 is 4.55. The van der Waals surface area contributed by atoms with E-state index in [2.05, 4.69) is 34.5 Å². The van der Waals surface area contributed by atoms with E-state index in [4.69, 9.17) is 0 Å². The molecule has 1 fully saturated rings. The summed E-state index contributed by atoms with van der Waals surface area (Å²) in [5, 5.41) is 0. The minimum Gasteiger partial charge on any atom is -0.207 e. The predicted octanol–water partition coefficient (Wildman–Crippen LogP) is 3.61. The van der Waals surface area contributed by atoms with E-state index < -0.39 is 10.0 Å². The highest BCUT2D eigenvalue weighted by atomic mass is 79.9. The van der Waals surface area contributed by atoms with Crippen LogP contribution in [0.15, 0.2) is 20.1 Å². The van der Waals surface area contributed by atoms with E-state index >= 15 is 0 Å². The molecule has 3 nitrogen and oxygen atoms in total. The first-order valence-corrected chi connectivity index (χ1v) is 9.27. The van der Waals surface area contributed by atoms with Crippen LogP contribution in [0.3, 0.4) is 0 Å². The van der Waals surface area contributed by atoms with E-state index in [1.54, 1.807) is 12.1 Å². The van der Waals surface area contributed by atoms with Crippen LogP contribution >= 0.6 is 27.3 Å². The fourth-order valence-electron chi connectivity index (χ4n) is 2.45. The molecular formula is C12H18BrNO2S2. The summed E-state index contributed by atoms with van der Waals surface area (Å²) in [6, 6.07) is 3.49. The Labute approximate surface area is 121 Å². The molecule has 18 heavy (non-hydrogen) atoms. The van der Waals surface area contributed by atoms with Gasteiger partial charge in [0.25, 0.3) is 0 Å². The third-order valence-corrected chi connectivity index (χ3v) is 7.43. The molecule has 1 aliphatic rings. The molecule has 0 saturated heterocycles. The molecule has 0 aliphatic heterocycles. The van der Waals surface area contributed by atoms with Crippen LogP contribution in [0.5, 0.6) is 0 Å². The molecule has 6 heteroatoms. The van der Waals surface area contributed by atoms with Gasteiger partial charge < -0.3 is 0 Å². The van der Waals surface area contributed by atoms with Crippen molar-refractivity contribution < 1.29 is 8.42 Å². The average molecular weight is 352 g/mol. The van der Waals surface area contributed by atoms with Gasteiger partial charge in [-0.25, -0.2) is 13.1 Å². The molecule has 3 unspecified atom stereocenters. The van der Waals surface area contributed by atoms with Crippen molar-refractivity contribution in [2.24, 2.45) is 11.8 Å². The smallest absolute Gasteiger partial charge is 0.207 e. The number of halogens is 1. The first-order valence-electron chi connectivity index (χ1n) is 6.18. The molecule has 0 spiro atoms. The Hall–Kier alpha value is 0.0900. The van der Waals surface area contributed by atoms with Crippen LogP contribution in [0.1, 0.15) is 33.1 Å². The van der Waals surface area contributed by atoms with Crippen molar-refractivity contribution >= 4 is 37.3 Å². The number of hydrogen-bond donors (Lipinski definition) is 1. The van der Waals surface area contributed by atoms with E-state index in [0.29, 0.717) is 16.0 Å². The van der Waals surface area contributed by atoms with Crippen molar-refractivity contribution in [2.75, 3.05) is 0 Å². The van der Waals surface area contributed by atoms with E-state index in [9.17, 15) is 8.42 Å². The number of sulfonamides is 1. The van der Waals surface area contributed by atoms with E-state index in [0.717, 1.165) is 16.6 Å². The van der Waals surface area contributed by atoms with Gasteiger partial charge in [0.1, 0.15) is 4.21 Å². The lowest BCUT2D eigenvalue weighted by atomic mass is 9.78. The zero-order valence-electron chi connectivity index (χ0n) is 10.5. The maximum absolute atomic E-state index is 12.2. The normalized spacial score (nSPS) is 29.4. The lowest BCUT2D eigenvalue weighted by Gasteiger charge is -2.34. The van der Waals surface area contributed by atoms with Crippen molar-refractivity contribution in [1.82, 2.24) is 4.72 Å². The Bertz CT molecular complexity index is 512. The molecule has 0 radical (unpaired) electrons. The Kier molecular flexibility index (Phi) is 4.52. The van der Waals surface area contributed by atoms with Crippen LogP contribution in [-0.4, -0.2) is 14.5 Å². The van der Waals surface area contributed by atoms with E-state index in [1.807, 2.05) is 0 Å². The Balaban J connectivity index is 2.13. The van der Waals surface area contributed by atoms with Gasteiger partial charge in [-0.05, 0) is 46.3 Å². The third-order valence-electron chi connectivity index (χ3n) is 3.83. The molecule has 102 valence electrons. The van der Waals surface area contributed by atoms with Crippen LogP contribution in [-0.2, 0) is 10.0 Å². The predicted molar refractivity (Wildman–Crippen MR) is 78.3 cm³/mol. The number of thiophene rings is 1. The summed E-state index contributed by atoms with van der Waals surface area (Å²) in [4.78, 5) is 0. The minimum atomic E-state index is -3.36. The van der Waals surface area contributed by atoms with Crippen LogP contribution < -0.4 is 4.72 Å². The van der Waals surface area contributed by atoms with Crippen molar-refractivity contribution in [3.8, 4) is 0 Å². The second kappa shape index (κ2) is 5.61. The first-order chi connectivity index (χ1) is 8.40. The largest absolute Gasteiger partial charge is 0.250 e. The monoisotopic (exact) mass is 351 g/mol. The molecule has 3 atom stereocenters. The van der Waals surface area contributed by atoms with Crippen LogP contribution in [0.4, 0.5) is 0 Å². The molecular weight excluding hydrogens is 334 g/mol. The van der Waals surface area contributed by atoms with E-state index in [-0.39, 0.29) is 6.04 Å². The van der Waals surface area contributed by atoms with Crippen molar-refractivity contribution in [3.05, 3.63) is 15.9 Å². The molecule has 1 saturated carbocycles.